The van der Waals surface area contributed by atoms with Gasteiger partial charge in [0.15, 0.2) is 0 Å². The van der Waals surface area contributed by atoms with Gasteiger partial charge in [-0.3, -0.25) is 4.57 Å². The van der Waals surface area contributed by atoms with E-state index < -0.39 is 7.60 Å². The Morgan fingerprint density at radius 1 is 1.28 bits per heavy atom. The summed E-state index contributed by atoms with van der Waals surface area (Å²) >= 11 is 0. The Morgan fingerprint density at radius 3 is 2.44 bits per heavy atom. The van der Waals surface area contributed by atoms with E-state index in [1.807, 2.05) is 30.3 Å². The van der Waals surface area contributed by atoms with Crippen LogP contribution in [0, 0.1) is 0 Å². The highest BCUT2D eigenvalue weighted by Crippen LogP contribution is 2.33. The van der Waals surface area contributed by atoms with Gasteiger partial charge in [0, 0.05) is 6.04 Å². The minimum atomic E-state index is -3.94. The highest BCUT2D eigenvalue weighted by Gasteiger charge is 2.09. The maximum atomic E-state index is 10.6. The van der Waals surface area contributed by atoms with Crippen molar-refractivity contribution in [2.45, 2.75) is 18.9 Å². The molecule has 0 heterocycles. The number of rotatable bonds is 6. The third kappa shape index (κ3) is 8.45. The van der Waals surface area contributed by atoms with Gasteiger partial charge in [-0.2, -0.15) is 0 Å². The molecule has 0 fully saturated rings. The van der Waals surface area contributed by atoms with Crippen LogP contribution >= 0.6 is 20.0 Å². The number of hydrogen-bond acceptors (Lipinski definition) is 2. The molecule has 0 radical (unpaired) electrons. The first-order valence-corrected chi connectivity index (χ1v) is 7.28. The third-order valence-electron chi connectivity index (χ3n) is 2.34. The Labute approximate surface area is 113 Å². The average molecular weight is 292 g/mol. The van der Waals surface area contributed by atoms with Crippen LogP contribution in [0.15, 0.2) is 42.5 Å². The van der Waals surface area contributed by atoms with Crippen molar-refractivity contribution in [3.8, 4) is 0 Å². The van der Waals surface area contributed by atoms with Gasteiger partial charge in [0.1, 0.15) is 0 Å². The highest BCUT2D eigenvalue weighted by molar-refractivity contribution is 7.51. The van der Waals surface area contributed by atoms with Crippen molar-refractivity contribution in [1.82, 2.24) is 0 Å². The van der Waals surface area contributed by atoms with E-state index in [1.54, 1.807) is 6.08 Å². The Hall–Kier alpha value is -0.640. The van der Waals surface area contributed by atoms with Gasteiger partial charge in [-0.25, -0.2) is 0 Å². The third-order valence-corrected chi connectivity index (χ3v) is 3.02. The molecule has 4 N–H and O–H groups in total. The molecule has 0 bridgehead atoms. The van der Waals surface area contributed by atoms with Crippen LogP contribution in [0.4, 0.5) is 0 Å². The molecule has 0 aromatic heterocycles. The lowest BCUT2D eigenvalue weighted by molar-refractivity contribution is 0.377. The summed E-state index contributed by atoms with van der Waals surface area (Å²) in [4.78, 5) is 17.3. The van der Waals surface area contributed by atoms with Crippen LogP contribution in [-0.2, 0) is 11.0 Å². The average Bonchev–Trinajstić information content (AvgIpc) is 2.26. The first-order chi connectivity index (χ1) is 7.97. The van der Waals surface area contributed by atoms with Crippen LogP contribution in [0.3, 0.4) is 0 Å². The molecular weight excluding hydrogens is 273 g/mol. The largest absolute Gasteiger partial charge is 0.329 e. The number of hydrogen-bond donors (Lipinski definition) is 3. The van der Waals surface area contributed by atoms with E-state index in [2.05, 4.69) is 0 Å². The Kier molecular flexibility index (Phi) is 8.16. The molecule has 1 aromatic carbocycles. The fraction of sp³-hybridized carbons (Fsp3) is 0.333. The number of allylic oxidation sites excluding steroid dienone is 1. The van der Waals surface area contributed by atoms with E-state index in [1.165, 1.54) is 11.6 Å². The number of benzene rings is 1. The molecule has 0 unspecified atom stereocenters. The zero-order valence-electron chi connectivity index (χ0n) is 9.98. The zero-order valence-corrected chi connectivity index (χ0v) is 11.7. The minimum Gasteiger partial charge on any atom is -0.324 e. The lowest BCUT2D eigenvalue weighted by atomic mass is 10.1. The van der Waals surface area contributed by atoms with Crippen LogP contribution in [0.5, 0.6) is 0 Å². The molecule has 4 nitrogen and oxygen atoms in total. The van der Waals surface area contributed by atoms with Crippen LogP contribution in [0.2, 0.25) is 0 Å². The smallest absolute Gasteiger partial charge is 0.324 e. The van der Waals surface area contributed by atoms with Gasteiger partial charge in [0.05, 0.1) is 6.16 Å². The number of aryl methyl sites for hydroxylation is 1. The lowest BCUT2D eigenvalue weighted by Gasteiger charge is -2.06. The summed E-state index contributed by atoms with van der Waals surface area (Å²) in [6.45, 7) is 0. The second-order valence-corrected chi connectivity index (χ2v) is 5.66. The molecule has 0 aliphatic heterocycles. The molecule has 6 heteroatoms. The Bertz CT molecular complexity index is 405. The quantitative estimate of drug-likeness (QED) is 0.553. The van der Waals surface area contributed by atoms with E-state index in [9.17, 15) is 4.57 Å². The molecule has 0 saturated heterocycles. The Balaban J connectivity index is 0.00000289. The molecule has 0 spiro atoms. The van der Waals surface area contributed by atoms with E-state index in [0.29, 0.717) is 0 Å². The topological polar surface area (TPSA) is 83.6 Å². The first-order valence-electron chi connectivity index (χ1n) is 5.48. The summed E-state index contributed by atoms with van der Waals surface area (Å²) in [5.41, 5.74) is 7.03. The van der Waals surface area contributed by atoms with Crippen LogP contribution < -0.4 is 5.73 Å². The first kappa shape index (κ1) is 17.4. The van der Waals surface area contributed by atoms with Crippen LogP contribution in [-0.4, -0.2) is 22.0 Å². The molecule has 1 atom stereocenters. The highest BCUT2D eigenvalue weighted by atomic mass is 35.5. The SMILES string of the molecule is Cl.N[C@H](C=CCP(=O)(O)O)CCc1ccccc1. The van der Waals surface area contributed by atoms with Gasteiger partial charge in [0.25, 0.3) is 0 Å². The molecule has 0 amide bonds. The summed E-state index contributed by atoms with van der Waals surface area (Å²) in [5, 5.41) is 0. The fourth-order valence-corrected chi connectivity index (χ4v) is 1.84. The minimum absolute atomic E-state index is 0. The van der Waals surface area contributed by atoms with E-state index >= 15 is 0 Å². The zero-order chi connectivity index (χ0) is 12.7. The van der Waals surface area contributed by atoms with Gasteiger partial charge < -0.3 is 15.5 Å². The summed E-state index contributed by atoms with van der Waals surface area (Å²) in [6.07, 6.45) is 4.49. The van der Waals surface area contributed by atoms with E-state index in [4.69, 9.17) is 15.5 Å². The fourth-order valence-electron chi connectivity index (χ4n) is 1.45. The molecular formula is C12H19ClNO3P. The summed E-state index contributed by atoms with van der Waals surface area (Å²) in [5.74, 6) is 0. The maximum absolute atomic E-state index is 10.6. The van der Waals surface area contributed by atoms with Gasteiger partial charge in [-0.1, -0.05) is 42.5 Å². The monoisotopic (exact) mass is 291 g/mol. The van der Waals surface area contributed by atoms with Crippen molar-refractivity contribution in [3.05, 3.63) is 48.0 Å². The number of halogens is 1. The van der Waals surface area contributed by atoms with E-state index in [0.717, 1.165) is 12.8 Å². The summed E-state index contributed by atoms with van der Waals surface area (Å²) < 4.78 is 10.6. The molecule has 18 heavy (non-hydrogen) atoms. The number of nitrogens with two attached hydrogens (primary N) is 1. The van der Waals surface area contributed by atoms with Gasteiger partial charge in [-0.15, -0.1) is 12.4 Å². The van der Waals surface area contributed by atoms with Crippen molar-refractivity contribution < 1.29 is 14.4 Å². The summed E-state index contributed by atoms with van der Waals surface area (Å²) in [6, 6.07) is 9.82. The molecule has 1 aromatic rings. The predicted octanol–water partition coefficient (Wildman–Crippen LogP) is 2.10. The Morgan fingerprint density at radius 2 is 1.89 bits per heavy atom. The van der Waals surface area contributed by atoms with Crippen molar-refractivity contribution in [2.24, 2.45) is 5.73 Å². The summed E-state index contributed by atoms with van der Waals surface area (Å²) in [7, 11) is -3.94. The van der Waals surface area contributed by atoms with Crippen LogP contribution in [0.25, 0.3) is 0 Å². The molecule has 102 valence electrons. The van der Waals surface area contributed by atoms with Crippen molar-refractivity contribution >= 4 is 20.0 Å². The van der Waals surface area contributed by atoms with Crippen molar-refractivity contribution in [3.63, 3.8) is 0 Å². The molecule has 0 aliphatic carbocycles. The standard InChI is InChI=1S/C12H18NO3P.ClH/c13-12(7-4-10-17(14,15)16)9-8-11-5-2-1-3-6-11;/h1-7,12H,8-10,13H2,(H2,14,15,16);1H/t12-;/m1./s1. The maximum Gasteiger partial charge on any atom is 0.329 e. The van der Waals surface area contributed by atoms with Crippen LogP contribution in [0.1, 0.15) is 12.0 Å². The van der Waals surface area contributed by atoms with Crippen molar-refractivity contribution in [1.29, 1.82) is 0 Å². The van der Waals surface area contributed by atoms with Gasteiger partial charge in [-0.05, 0) is 18.4 Å². The normalized spacial score (nSPS) is 13.3. The van der Waals surface area contributed by atoms with Gasteiger partial charge >= 0.3 is 7.60 Å². The molecule has 1 rings (SSSR count). The van der Waals surface area contributed by atoms with Gasteiger partial charge in [0.2, 0.25) is 0 Å². The second-order valence-electron chi connectivity index (χ2n) is 3.96. The molecule has 0 saturated carbocycles. The second kappa shape index (κ2) is 8.46. The van der Waals surface area contributed by atoms with E-state index in [-0.39, 0.29) is 24.6 Å². The van der Waals surface area contributed by atoms with Crippen molar-refractivity contribution in [2.75, 3.05) is 6.16 Å². The lowest BCUT2D eigenvalue weighted by Crippen LogP contribution is -2.17. The predicted molar refractivity (Wildman–Crippen MR) is 76.0 cm³/mol. The molecule has 0 aliphatic rings.